The van der Waals surface area contributed by atoms with Gasteiger partial charge in [0.1, 0.15) is 11.6 Å². The maximum absolute atomic E-state index is 13.0. The molecule has 0 heterocycles. The number of halogens is 2. The molecule has 2 aromatic rings. The van der Waals surface area contributed by atoms with Gasteiger partial charge >= 0.3 is 0 Å². The van der Waals surface area contributed by atoms with Crippen LogP contribution in [0.15, 0.2) is 46.9 Å². The summed E-state index contributed by atoms with van der Waals surface area (Å²) in [7, 11) is 0. The van der Waals surface area contributed by atoms with Crippen molar-refractivity contribution >= 4 is 27.5 Å². The largest absolute Gasteiger partial charge is 0.483 e. The van der Waals surface area contributed by atoms with E-state index in [4.69, 9.17) is 4.74 Å². The van der Waals surface area contributed by atoms with Crippen molar-refractivity contribution in [3.8, 4) is 5.75 Å². The van der Waals surface area contributed by atoms with Crippen molar-refractivity contribution in [2.75, 3.05) is 11.9 Å². The van der Waals surface area contributed by atoms with Crippen LogP contribution in [-0.2, 0) is 4.79 Å². The summed E-state index contributed by atoms with van der Waals surface area (Å²) in [5.41, 5.74) is 1.85. The second-order valence-electron chi connectivity index (χ2n) is 5.15. The zero-order chi connectivity index (χ0) is 16.1. The molecule has 0 fully saturated rings. The molecule has 0 bridgehead atoms. The van der Waals surface area contributed by atoms with Crippen molar-refractivity contribution in [1.29, 1.82) is 0 Å². The SMILES string of the molecule is CC(C)c1ccccc1NC(=O)COc1ccc(F)cc1Br. The van der Waals surface area contributed by atoms with E-state index in [0.29, 0.717) is 16.1 Å². The Bertz CT molecular complexity index is 673. The van der Waals surface area contributed by atoms with E-state index < -0.39 is 0 Å². The Hall–Kier alpha value is -1.88. The highest BCUT2D eigenvalue weighted by Gasteiger charge is 2.10. The minimum atomic E-state index is -0.366. The van der Waals surface area contributed by atoms with E-state index in [2.05, 4.69) is 35.1 Å². The van der Waals surface area contributed by atoms with Crippen LogP contribution >= 0.6 is 15.9 Å². The predicted molar refractivity (Wildman–Crippen MR) is 88.8 cm³/mol. The number of hydrogen-bond acceptors (Lipinski definition) is 2. The van der Waals surface area contributed by atoms with Crippen molar-refractivity contribution < 1.29 is 13.9 Å². The topological polar surface area (TPSA) is 38.3 Å². The van der Waals surface area contributed by atoms with Crippen LogP contribution in [0.2, 0.25) is 0 Å². The summed E-state index contributed by atoms with van der Waals surface area (Å²) in [6, 6.07) is 11.7. The lowest BCUT2D eigenvalue weighted by Crippen LogP contribution is -2.21. The summed E-state index contributed by atoms with van der Waals surface area (Å²) in [5.74, 6) is 0.108. The average molecular weight is 366 g/mol. The molecule has 0 radical (unpaired) electrons. The molecule has 2 rings (SSSR count). The Morgan fingerprint density at radius 2 is 2.00 bits per heavy atom. The predicted octanol–water partition coefficient (Wildman–Crippen LogP) is 4.73. The number of nitrogens with one attached hydrogen (secondary N) is 1. The summed E-state index contributed by atoms with van der Waals surface area (Å²) < 4.78 is 18.9. The minimum absolute atomic E-state index is 0.142. The van der Waals surface area contributed by atoms with E-state index in [0.717, 1.165) is 11.3 Å². The molecule has 1 N–H and O–H groups in total. The van der Waals surface area contributed by atoms with Crippen LogP contribution in [0, 0.1) is 5.82 Å². The molecule has 116 valence electrons. The van der Waals surface area contributed by atoms with E-state index in [9.17, 15) is 9.18 Å². The van der Waals surface area contributed by atoms with Gasteiger partial charge in [0.05, 0.1) is 4.47 Å². The Balaban J connectivity index is 1.99. The molecule has 0 aliphatic rings. The Morgan fingerprint density at radius 3 is 2.68 bits per heavy atom. The highest BCUT2D eigenvalue weighted by atomic mass is 79.9. The summed E-state index contributed by atoms with van der Waals surface area (Å²) in [6.45, 7) is 3.99. The molecule has 0 atom stereocenters. The fourth-order valence-electron chi connectivity index (χ4n) is 2.04. The monoisotopic (exact) mass is 365 g/mol. The number of para-hydroxylation sites is 1. The first-order valence-corrected chi connectivity index (χ1v) is 7.73. The van der Waals surface area contributed by atoms with Crippen LogP contribution < -0.4 is 10.1 Å². The maximum atomic E-state index is 13.0. The van der Waals surface area contributed by atoms with E-state index in [-0.39, 0.29) is 18.3 Å². The van der Waals surface area contributed by atoms with Crippen LogP contribution in [0.25, 0.3) is 0 Å². The van der Waals surface area contributed by atoms with Gasteiger partial charge in [-0.3, -0.25) is 4.79 Å². The van der Waals surface area contributed by atoms with Gasteiger partial charge in [0.2, 0.25) is 0 Å². The summed E-state index contributed by atoms with van der Waals surface area (Å²) in [4.78, 5) is 12.0. The molecule has 22 heavy (non-hydrogen) atoms. The molecular formula is C17H17BrFNO2. The third-order valence-corrected chi connectivity index (χ3v) is 3.73. The molecule has 3 nitrogen and oxygen atoms in total. The van der Waals surface area contributed by atoms with Gasteiger partial charge in [-0.05, 0) is 51.7 Å². The minimum Gasteiger partial charge on any atom is -0.483 e. The van der Waals surface area contributed by atoms with Crippen LogP contribution in [0.5, 0.6) is 5.75 Å². The van der Waals surface area contributed by atoms with Gasteiger partial charge < -0.3 is 10.1 Å². The Labute approximate surface area is 137 Å². The maximum Gasteiger partial charge on any atom is 0.262 e. The summed E-state index contributed by atoms with van der Waals surface area (Å²) in [5, 5.41) is 2.84. The van der Waals surface area contributed by atoms with E-state index in [1.54, 1.807) is 0 Å². The van der Waals surface area contributed by atoms with Gasteiger partial charge in [0.25, 0.3) is 5.91 Å². The van der Waals surface area contributed by atoms with Crippen molar-refractivity contribution in [1.82, 2.24) is 0 Å². The molecule has 0 spiro atoms. The second kappa shape index (κ2) is 7.40. The third-order valence-electron chi connectivity index (χ3n) is 3.11. The van der Waals surface area contributed by atoms with E-state index in [1.807, 2.05) is 24.3 Å². The number of rotatable bonds is 5. The number of carbonyl (C=O) groups is 1. The number of carbonyl (C=O) groups excluding carboxylic acids is 1. The second-order valence-corrected chi connectivity index (χ2v) is 6.01. The number of ether oxygens (including phenoxy) is 1. The van der Waals surface area contributed by atoms with Crippen LogP contribution in [0.4, 0.5) is 10.1 Å². The number of hydrogen-bond donors (Lipinski definition) is 1. The lowest BCUT2D eigenvalue weighted by molar-refractivity contribution is -0.118. The van der Waals surface area contributed by atoms with Gasteiger partial charge in [-0.2, -0.15) is 0 Å². The third kappa shape index (κ3) is 4.31. The number of amides is 1. The zero-order valence-corrected chi connectivity index (χ0v) is 14.0. The first-order valence-electron chi connectivity index (χ1n) is 6.94. The number of anilines is 1. The standard InChI is InChI=1S/C17H17BrFNO2/c1-11(2)13-5-3-4-6-15(13)20-17(21)10-22-16-8-7-12(19)9-14(16)18/h3-9,11H,10H2,1-2H3,(H,20,21). The van der Waals surface area contributed by atoms with E-state index >= 15 is 0 Å². The molecule has 0 aliphatic heterocycles. The highest BCUT2D eigenvalue weighted by molar-refractivity contribution is 9.10. The summed E-state index contributed by atoms with van der Waals surface area (Å²) >= 11 is 3.20. The quantitative estimate of drug-likeness (QED) is 0.831. The molecule has 0 aromatic heterocycles. The number of benzene rings is 2. The molecule has 1 amide bonds. The normalized spacial score (nSPS) is 10.6. The lowest BCUT2D eigenvalue weighted by Gasteiger charge is -2.14. The summed E-state index contributed by atoms with van der Waals surface area (Å²) in [6.07, 6.45) is 0. The lowest BCUT2D eigenvalue weighted by atomic mass is 10.0. The van der Waals surface area contributed by atoms with Crippen molar-refractivity contribution in [2.45, 2.75) is 19.8 Å². The highest BCUT2D eigenvalue weighted by Crippen LogP contribution is 2.26. The molecule has 2 aromatic carbocycles. The molecule has 0 saturated carbocycles. The first kappa shape index (κ1) is 16.5. The molecule has 0 saturated heterocycles. The molecule has 0 unspecified atom stereocenters. The first-order chi connectivity index (χ1) is 10.5. The smallest absolute Gasteiger partial charge is 0.262 e. The molecule has 0 aliphatic carbocycles. The fraction of sp³-hybridized carbons (Fsp3) is 0.235. The Morgan fingerprint density at radius 1 is 1.27 bits per heavy atom. The van der Waals surface area contributed by atoms with Gasteiger partial charge in [0.15, 0.2) is 6.61 Å². The van der Waals surface area contributed by atoms with E-state index in [1.165, 1.54) is 18.2 Å². The van der Waals surface area contributed by atoms with Crippen LogP contribution in [-0.4, -0.2) is 12.5 Å². The fourth-order valence-corrected chi connectivity index (χ4v) is 2.50. The Kier molecular flexibility index (Phi) is 5.55. The van der Waals surface area contributed by atoms with Crippen LogP contribution in [0.3, 0.4) is 0 Å². The average Bonchev–Trinajstić information content (AvgIpc) is 2.46. The molecule has 5 heteroatoms. The zero-order valence-electron chi connectivity index (χ0n) is 12.4. The van der Waals surface area contributed by atoms with Gasteiger partial charge in [-0.15, -0.1) is 0 Å². The van der Waals surface area contributed by atoms with Gasteiger partial charge in [0, 0.05) is 5.69 Å². The van der Waals surface area contributed by atoms with Crippen LogP contribution in [0.1, 0.15) is 25.3 Å². The van der Waals surface area contributed by atoms with Gasteiger partial charge in [-0.25, -0.2) is 4.39 Å². The van der Waals surface area contributed by atoms with Crippen molar-refractivity contribution in [3.05, 3.63) is 58.3 Å². The molecular weight excluding hydrogens is 349 g/mol. The van der Waals surface area contributed by atoms with Crippen molar-refractivity contribution in [2.24, 2.45) is 0 Å². The van der Waals surface area contributed by atoms with Gasteiger partial charge in [-0.1, -0.05) is 32.0 Å². The van der Waals surface area contributed by atoms with Crippen molar-refractivity contribution in [3.63, 3.8) is 0 Å².